The minimum Gasteiger partial charge on any atom is -0.318 e. The zero-order chi connectivity index (χ0) is 10.8. The summed E-state index contributed by atoms with van der Waals surface area (Å²) in [7, 11) is 0. The summed E-state index contributed by atoms with van der Waals surface area (Å²) in [5.41, 5.74) is 6.75. The fourth-order valence-corrected chi connectivity index (χ4v) is 1.37. The van der Waals surface area contributed by atoms with Crippen molar-refractivity contribution in [2.45, 2.75) is 39.7 Å². The molecule has 0 bridgehead atoms. The van der Waals surface area contributed by atoms with Crippen molar-refractivity contribution in [2.75, 3.05) is 0 Å². The maximum Gasteiger partial charge on any atom is 0.0670 e. The van der Waals surface area contributed by atoms with Crippen molar-refractivity contribution in [2.24, 2.45) is 16.1 Å². The Bertz CT molecular complexity index is 293. The third kappa shape index (κ3) is 3.11. The summed E-state index contributed by atoms with van der Waals surface area (Å²) < 4.78 is 0. The summed E-state index contributed by atoms with van der Waals surface area (Å²) in [4.78, 5) is 4.41. The van der Waals surface area contributed by atoms with Gasteiger partial charge >= 0.3 is 0 Å². The van der Waals surface area contributed by atoms with Crippen LogP contribution in [0.25, 0.3) is 0 Å². The van der Waals surface area contributed by atoms with E-state index in [4.69, 9.17) is 5.73 Å². The van der Waals surface area contributed by atoms with Crippen molar-refractivity contribution >= 4 is 6.21 Å². The standard InChI is InChI=1S/C12H20N2/c1-5-10-8-11(2,3)6-7-12(4,13)9-14-10/h6-9H,5,13H2,1-4H3/b7-6-,10-8?,14-9?. The fourth-order valence-electron chi connectivity index (χ4n) is 1.37. The highest BCUT2D eigenvalue weighted by atomic mass is 14.8. The van der Waals surface area contributed by atoms with Crippen LogP contribution in [-0.2, 0) is 0 Å². The molecular weight excluding hydrogens is 172 g/mol. The van der Waals surface area contributed by atoms with Gasteiger partial charge in [-0.2, -0.15) is 0 Å². The summed E-state index contributed by atoms with van der Waals surface area (Å²) in [5.74, 6) is 0. The van der Waals surface area contributed by atoms with Crippen molar-refractivity contribution in [1.29, 1.82) is 0 Å². The van der Waals surface area contributed by atoms with Crippen LogP contribution in [0.15, 0.2) is 28.9 Å². The molecule has 2 heteroatoms. The summed E-state index contributed by atoms with van der Waals surface area (Å²) in [6.07, 6.45) is 9.11. The second kappa shape index (κ2) is 3.70. The van der Waals surface area contributed by atoms with E-state index < -0.39 is 5.54 Å². The first-order valence-electron chi connectivity index (χ1n) is 5.11. The van der Waals surface area contributed by atoms with E-state index in [-0.39, 0.29) is 5.41 Å². The molecule has 1 aliphatic rings. The molecule has 0 saturated carbocycles. The first-order chi connectivity index (χ1) is 6.35. The lowest BCUT2D eigenvalue weighted by atomic mass is 9.88. The monoisotopic (exact) mass is 192 g/mol. The number of hydrogen-bond acceptors (Lipinski definition) is 2. The number of rotatable bonds is 1. The molecule has 1 heterocycles. The number of nitrogens with two attached hydrogens (primary N) is 1. The van der Waals surface area contributed by atoms with Crippen LogP contribution < -0.4 is 5.73 Å². The first-order valence-corrected chi connectivity index (χ1v) is 5.11. The predicted molar refractivity (Wildman–Crippen MR) is 62.4 cm³/mol. The third-order valence-corrected chi connectivity index (χ3v) is 2.28. The van der Waals surface area contributed by atoms with E-state index in [2.05, 4.69) is 37.9 Å². The van der Waals surface area contributed by atoms with Gasteiger partial charge in [-0.15, -0.1) is 0 Å². The van der Waals surface area contributed by atoms with Gasteiger partial charge in [-0.1, -0.05) is 39.0 Å². The van der Waals surface area contributed by atoms with Gasteiger partial charge in [0.2, 0.25) is 0 Å². The maximum atomic E-state index is 6.02. The summed E-state index contributed by atoms with van der Waals surface area (Å²) in [6.45, 7) is 8.40. The molecular formula is C12H20N2. The average molecular weight is 192 g/mol. The highest BCUT2D eigenvalue weighted by molar-refractivity contribution is 5.73. The normalized spacial score (nSPS) is 33.1. The lowest BCUT2D eigenvalue weighted by Crippen LogP contribution is -2.36. The van der Waals surface area contributed by atoms with Crippen LogP contribution in [0.1, 0.15) is 34.1 Å². The Morgan fingerprint density at radius 3 is 2.50 bits per heavy atom. The Labute approximate surface area is 86.6 Å². The molecule has 1 atom stereocenters. The highest BCUT2D eigenvalue weighted by Crippen LogP contribution is 2.25. The van der Waals surface area contributed by atoms with E-state index in [0.717, 1.165) is 12.1 Å². The summed E-state index contributed by atoms with van der Waals surface area (Å²) >= 11 is 0. The van der Waals surface area contributed by atoms with Gasteiger partial charge in [0.1, 0.15) is 0 Å². The Kier molecular flexibility index (Phi) is 2.95. The molecule has 0 spiro atoms. The molecule has 0 aromatic carbocycles. The van der Waals surface area contributed by atoms with E-state index in [1.54, 1.807) is 0 Å². The van der Waals surface area contributed by atoms with E-state index in [1.807, 2.05) is 19.2 Å². The lowest BCUT2D eigenvalue weighted by Gasteiger charge is -2.23. The summed E-state index contributed by atoms with van der Waals surface area (Å²) in [5, 5.41) is 0. The number of hydrogen-bond donors (Lipinski definition) is 1. The van der Waals surface area contributed by atoms with Crippen LogP contribution in [0.5, 0.6) is 0 Å². The van der Waals surface area contributed by atoms with Crippen molar-refractivity contribution in [3.05, 3.63) is 23.9 Å². The fraction of sp³-hybridized carbons (Fsp3) is 0.583. The summed E-state index contributed by atoms with van der Waals surface area (Å²) in [6, 6.07) is 0. The van der Waals surface area contributed by atoms with Crippen LogP contribution >= 0.6 is 0 Å². The van der Waals surface area contributed by atoms with E-state index >= 15 is 0 Å². The Hall–Kier alpha value is -0.890. The second-order valence-electron chi connectivity index (χ2n) is 4.77. The SMILES string of the molecule is CCC1=CC(C)(C)/C=C\C(C)(N)C=N1. The molecule has 14 heavy (non-hydrogen) atoms. The van der Waals surface area contributed by atoms with Crippen molar-refractivity contribution in [1.82, 2.24) is 0 Å². The van der Waals surface area contributed by atoms with E-state index in [1.165, 1.54) is 0 Å². The van der Waals surface area contributed by atoms with Gasteiger partial charge in [-0.25, -0.2) is 0 Å². The molecule has 2 N–H and O–H groups in total. The van der Waals surface area contributed by atoms with Gasteiger partial charge in [0.05, 0.1) is 5.54 Å². The van der Waals surface area contributed by atoms with E-state index in [9.17, 15) is 0 Å². The van der Waals surface area contributed by atoms with Crippen molar-refractivity contribution in [3.63, 3.8) is 0 Å². The molecule has 0 fully saturated rings. The molecule has 0 radical (unpaired) electrons. The Morgan fingerprint density at radius 2 is 1.93 bits per heavy atom. The molecule has 0 saturated heterocycles. The Balaban J connectivity index is 3.10. The predicted octanol–water partition coefficient (Wildman–Crippen LogP) is 2.66. The van der Waals surface area contributed by atoms with Crippen molar-refractivity contribution < 1.29 is 0 Å². The molecule has 0 aliphatic carbocycles. The maximum absolute atomic E-state index is 6.02. The van der Waals surface area contributed by atoms with Crippen LogP contribution in [0.4, 0.5) is 0 Å². The van der Waals surface area contributed by atoms with Crippen LogP contribution in [-0.4, -0.2) is 11.8 Å². The van der Waals surface area contributed by atoms with Crippen LogP contribution in [0, 0.1) is 5.41 Å². The molecule has 1 unspecified atom stereocenters. The zero-order valence-corrected chi connectivity index (χ0v) is 9.54. The minimum atomic E-state index is -0.425. The number of aliphatic imine (C=N–C) groups is 1. The number of allylic oxidation sites excluding steroid dienone is 3. The van der Waals surface area contributed by atoms with Crippen LogP contribution in [0.3, 0.4) is 0 Å². The molecule has 2 nitrogen and oxygen atoms in total. The molecule has 0 aromatic rings. The molecule has 78 valence electrons. The van der Waals surface area contributed by atoms with Gasteiger partial charge < -0.3 is 5.73 Å². The van der Waals surface area contributed by atoms with Gasteiger partial charge in [0, 0.05) is 17.3 Å². The molecule has 0 amide bonds. The average Bonchev–Trinajstić information content (AvgIpc) is 2.08. The van der Waals surface area contributed by atoms with Gasteiger partial charge in [-0.3, -0.25) is 4.99 Å². The largest absolute Gasteiger partial charge is 0.318 e. The van der Waals surface area contributed by atoms with Crippen LogP contribution in [0.2, 0.25) is 0 Å². The molecule has 1 rings (SSSR count). The lowest BCUT2D eigenvalue weighted by molar-refractivity contribution is 0.604. The number of nitrogens with zero attached hydrogens (tertiary/aromatic N) is 1. The quantitative estimate of drug-likeness (QED) is 0.637. The third-order valence-electron chi connectivity index (χ3n) is 2.28. The smallest absolute Gasteiger partial charge is 0.0670 e. The Morgan fingerprint density at radius 1 is 1.29 bits per heavy atom. The van der Waals surface area contributed by atoms with Gasteiger partial charge in [0.15, 0.2) is 0 Å². The zero-order valence-electron chi connectivity index (χ0n) is 9.54. The minimum absolute atomic E-state index is 0.0454. The second-order valence-corrected chi connectivity index (χ2v) is 4.77. The highest BCUT2D eigenvalue weighted by Gasteiger charge is 2.18. The van der Waals surface area contributed by atoms with E-state index in [0.29, 0.717) is 0 Å². The van der Waals surface area contributed by atoms with Crippen molar-refractivity contribution in [3.8, 4) is 0 Å². The molecule has 1 aliphatic heterocycles. The molecule has 0 aromatic heterocycles. The van der Waals surface area contributed by atoms with Gasteiger partial charge in [0.25, 0.3) is 0 Å². The topological polar surface area (TPSA) is 38.4 Å². The first kappa shape index (κ1) is 11.2. The van der Waals surface area contributed by atoms with Gasteiger partial charge in [-0.05, 0) is 13.3 Å².